The van der Waals surface area contributed by atoms with Crippen LogP contribution in [0, 0.1) is 6.92 Å². The third kappa shape index (κ3) is 2.88. The van der Waals surface area contributed by atoms with Gasteiger partial charge in [-0.05, 0) is 38.1 Å². The van der Waals surface area contributed by atoms with Gasteiger partial charge in [0.15, 0.2) is 4.80 Å². The lowest BCUT2D eigenvalue weighted by molar-refractivity contribution is 0.0410. The average molecular weight is 463 g/mol. The summed E-state index contributed by atoms with van der Waals surface area (Å²) in [7, 11) is 0. The second kappa shape index (κ2) is 6.92. The lowest BCUT2D eigenvalue weighted by Gasteiger charge is -2.39. The van der Waals surface area contributed by atoms with E-state index < -0.39 is 5.72 Å². The molecule has 6 nitrogen and oxygen atoms in total. The summed E-state index contributed by atoms with van der Waals surface area (Å²) in [5.74, 6) is 0.785. The number of halogens is 1. The zero-order valence-corrected chi connectivity index (χ0v) is 19.0. The summed E-state index contributed by atoms with van der Waals surface area (Å²) in [4.78, 5) is 19.0. The highest BCUT2D eigenvalue weighted by Gasteiger charge is 2.42. The van der Waals surface area contributed by atoms with Crippen molar-refractivity contribution in [2.75, 3.05) is 0 Å². The molecule has 0 saturated heterocycles. The zero-order valence-electron chi connectivity index (χ0n) is 17.4. The molecule has 0 aliphatic carbocycles. The van der Waals surface area contributed by atoms with Crippen LogP contribution in [0.5, 0.6) is 5.75 Å². The first kappa shape index (κ1) is 19.5. The maximum Gasteiger partial charge on any atom is 0.270 e. The van der Waals surface area contributed by atoms with Crippen molar-refractivity contribution in [3.63, 3.8) is 0 Å². The molecule has 2 atom stereocenters. The number of ether oxygens (including phenoxy) is 1. The molecule has 4 aromatic rings. The van der Waals surface area contributed by atoms with E-state index in [0.29, 0.717) is 20.9 Å². The van der Waals surface area contributed by atoms with Crippen molar-refractivity contribution >= 4 is 29.0 Å². The lowest BCUT2D eigenvalue weighted by Crippen LogP contribution is -2.49. The summed E-state index contributed by atoms with van der Waals surface area (Å²) >= 11 is 8.05. The molecule has 0 saturated carbocycles. The molecule has 4 heterocycles. The number of aromatic nitrogens is 3. The summed E-state index contributed by atoms with van der Waals surface area (Å²) in [6, 6.07) is 17.5. The Kier molecular flexibility index (Phi) is 4.22. The van der Waals surface area contributed by atoms with Crippen LogP contribution in [0.3, 0.4) is 0 Å². The number of para-hydroxylation sites is 2. The van der Waals surface area contributed by atoms with Crippen LogP contribution in [-0.2, 0) is 0 Å². The van der Waals surface area contributed by atoms with Crippen molar-refractivity contribution in [2.45, 2.75) is 32.0 Å². The minimum Gasteiger partial charge on any atom is -0.466 e. The Hall–Kier alpha value is -3.16. The first-order chi connectivity index (χ1) is 15.4. The third-order valence-electron chi connectivity index (χ3n) is 5.98. The quantitative estimate of drug-likeness (QED) is 0.457. The molecular weight excluding hydrogens is 444 g/mol. The molecule has 0 fully saturated rings. The van der Waals surface area contributed by atoms with Gasteiger partial charge in [-0.15, -0.1) is 0 Å². The van der Waals surface area contributed by atoms with Crippen LogP contribution >= 0.6 is 22.9 Å². The largest absolute Gasteiger partial charge is 0.466 e. The highest BCUT2D eigenvalue weighted by molar-refractivity contribution is 7.07. The van der Waals surface area contributed by atoms with Gasteiger partial charge in [0.2, 0.25) is 5.72 Å². The van der Waals surface area contributed by atoms with E-state index in [9.17, 15) is 4.79 Å². The summed E-state index contributed by atoms with van der Waals surface area (Å²) in [5, 5.41) is 5.06. The molecule has 6 rings (SSSR count). The number of fused-ring (bicyclic) bond motifs is 6. The molecule has 0 radical (unpaired) electrons. The fourth-order valence-corrected chi connectivity index (χ4v) is 5.92. The fraction of sp³-hybridized carbons (Fsp3) is 0.208. The zero-order chi connectivity index (χ0) is 22.0. The van der Waals surface area contributed by atoms with Gasteiger partial charge in [-0.1, -0.05) is 59.3 Å². The van der Waals surface area contributed by atoms with E-state index in [1.54, 1.807) is 9.25 Å². The molecule has 32 heavy (non-hydrogen) atoms. The second-order valence-electron chi connectivity index (χ2n) is 8.25. The Morgan fingerprint density at radius 3 is 2.75 bits per heavy atom. The van der Waals surface area contributed by atoms with E-state index in [0.717, 1.165) is 28.3 Å². The maximum absolute atomic E-state index is 13.5. The first-order valence-electron chi connectivity index (χ1n) is 10.3. The molecule has 8 heteroatoms. The van der Waals surface area contributed by atoms with Crippen LogP contribution in [0.1, 0.15) is 36.2 Å². The summed E-state index contributed by atoms with van der Waals surface area (Å²) < 4.78 is 10.3. The standard InChI is InChI=1S/C24H19ClN4O2S/c1-14-17(21(25)29(27-14)15-8-4-3-5-9-15)12-20-22(30)28-18-13-24(2,26-23(28)32-20)31-19-11-7-6-10-16(18)19/h3-12,18H,13H2,1-2H3/b20-12-/t18-,24+/m0/s1. The number of thiazole rings is 1. The average Bonchev–Trinajstić information content (AvgIpc) is 3.24. The Balaban J connectivity index is 1.54. The van der Waals surface area contributed by atoms with Gasteiger partial charge in [0.1, 0.15) is 10.9 Å². The molecule has 2 bridgehead atoms. The third-order valence-corrected chi connectivity index (χ3v) is 7.33. The first-order valence-corrected chi connectivity index (χ1v) is 11.5. The van der Waals surface area contributed by atoms with Gasteiger partial charge in [-0.25, -0.2) is 9.67 Å². The van der Waals surface area contributed by atoms with Gasteiger partial charge >= 0.3 is 0 Å². The smallest absolute Gasteiger partial charge is 0.270 e. The normalized spacial score (nSPS) is 21.5. The van der Waals surface area contributed by atoms with Crippen LogP contribution in [0.25, 0.3) is 11.8 Å². The molecule has 2 aromatic carbocycles. The number of nitrogens with zero attached hydrogens (tertiary/aromatic N) is 4. The number of aryl methyl sites for hydroxylation is 1. The van der Waals surface area contributed by atoms with Gasteiger partial charge in [0.25, 0.3) is 5.56 Å². The van der Waals surface area contributed by atoms with Crippen LogP contribution < -0.4 is 19.6 Å². The summed E-state index contributed by atoms with van der Waals surface area (Å²) in [5.41, 5.74) is 2.62. The van der Waals surface area contributed by atoms with Gasteiger partial charge in [0, 0.05) is 17.5 Å². The fourth-order valence-electron chi connectivity index (χ4n) is 4.48. The SMILES string of the molecule is Cc1nn(-c2ccccc2)c(Cl)c1/C=c1\sc2n(c1=O)[C@H]1C[C@](C)(N=2)Oc2ccccc21. The topological polar surface area (TPSA) is 61.4 Å². The Labute approximate surface area is 192 Å². The van der Waals surface area contributed by atoms with Gasteiger partial charge < -0.3 is 4.74 Å². The molecule has 2 aliphatic rings. The molecule has 2 aliphatic heterocycles. The van der Waals surface area contributed by atoms with Crippen molar-refractivity contribution in [1.29, 1.82) is 0 Å². The van der Waals surface area contributed by atoms with Crippen molar-refractivity contribution < 1.29 is 4.74 Å². The summed E-state index contributed by atoms with van der Waals surface area (Å²) in [6.07, 6.45) is 2.45. The molecular formula is C24H19ClN4O2S. The number of benzene rings is 2. The van der Waals surface area contributed by atoms with Crippen molar-refractivity contribution in [3.8, 4) is 11.4 Å². The minimum absolute atomic E-state index is 0.0690. The van der Waals surface area contributed by atoms with Crippen molar-refractivity contribution in [1.82, 2.24) is 14.3 Å². The highest BCUT2D eigenvalue weighted by Crippen LogP contribution is 2.42. The molecule has 0 amide bonds. The Bertz CT molecular complexity index is 1550. The monoisotopic (exact) mass is 462 g/mol. The van der Waals surface area contributed by atoms with E-state index in [-0.39, 0.29) is 11.6 Å². The van der Waals surface area contributed by atoms with Crippen LogP contribution in [-0.4, -0.2) is 20.1 Å². The molecule has 0 unspecified atom stereocenters. The highest BCUT2D eigenvalue weighted by atomic mass is 35.5. The van der Waals surface area contributed by atoms with Crippen molar-refractivity contribution in [2.24, 2.45) is 4.99 Å². The molecule has 2 aromatic heterocycles. The van der Waals surface area contributed by atoms with Crippen LogP contribution in [0.15, 0.2) is 64.4 Å². The Morgan fingerprint density at radius 1 is 1.19 bits per heavy atom. The molecule has 0 N–H and O–H groups in total. The van der Waals surface area contributed by atoms with Crippen LogP contribution in [0.4, 0.5) is 0 Å². The van der Waals surface area contributed by atoms with E-state index >= 15 is 0 Å². The van der Waals surface area contributed by atoms with Gasteiger partial charge in [-0.3, -0.25) is 9.36 Å². The number of hydrogen-bond acceptors (Lipinski definition) is 5. The van der Waals surface area contributed by atoms with Gasteiger partial charge in [0.05, 0.1) is 22.0 Å². The maximum atomic E-state index is 13.5. The van der Waals surface area contributed by atoms with E-state index in [1.165, 1.54) is 11.3 Å². The van der Waals surface area contributed by atoms with Crippen LogP contribution in [0.2, 0.25) is 5.15 Å². The van der Waals surface area contributed by atoms with E-state index in [1.807, 2.05) is 74.5 Å². The van der Waals surface area contributed by atoms with E-state index in [4.69, 9.17) is 21.3 Å². The molecule has 0 spiro atoms. The van der Waals surface area contributed by atoms with E-state index in [2.05, 4.69) is 5.10 Å². The minimum atomic E-state index is -0.681. The van der Waals surface area contributed by atoms with Crippen molar-refractivity contribution in [3.05, 3.63) is 96.3 Å². The number of rotatable bonds is 2. The van der Waals surface area contributed by atoms with Gasteiger partial charge in [-0.2, -0.15) is 5.10 Å². The summed E-state index contributed by atoms with van der Waals surface area (Å²) in [6.45, 7) is 3.86. The molecule has 160 valence electrons. The predicted molar refractivity (Wildman–Crippen MR) is 124 cm³/mol. The lowest BCUT2D eigenvalue weighted by atomic mass is 9.93. The second-order valence-corrected chi connectivity index (χ2v) is 9.62. The number of hydrogen-bond donors (Lipinski definition) is 0. The predicted octanol–water partition coefficient (Wildman–Crippen LogP) is 3.61. The Morgan fingerprint density at radius 2 is 1.94 bits per heavy atom.